The number of benzene rings is 1. The zero-order chi connectivity index (χ0) is 20.3. The fourth-order valence-electron chi connectivity index (χ4n) is 3.00. The van der Waals surface area contributed by atoms with E-state index >= 15 is 0 Å². The van der Waals surface area contributed by atoms with Gasteiger partial charge in [-0.25, -0.2) is 13.4 Å². The summed E-state index contributed by atoms with van der Waals surface area (Å²) < 4.78 is 25.2. The van der Waals surface area contributed by atoms with Crippen LogP contribution in [0.15, 0.2) is 23.6 Å². The van der Waals surface area contributed by atoms with E-state index in [-0.39, 0.29) is 22.2 Å². The highest BCUT2D eigenvalue weighted by Crippen LogP contribution is 2.25. The molecule has 1 amide bonds. The molecule has 2 aromatic rings. The first kappa shape index (κ1) is 21.0. The lowest BCUT2D eigenvalue weighted by Gasteiger charge is -2.29. The van der Waals surface area contributed by atoms with Crippen LogP contribution >= 0.6 is 22.9 Å². The van der Waals surface area contributed by atoms with Crippen molar-refractivity contribution in [2.45, 2.75) is 26.3 Å². The maximum atomic E-state index is 12.5. The summed E-state index contributed by atoms with van der Waals surface area (Å²) >= 11 is 7.37. The number of sulfonamides is 1. The number of hydrogen-bond acceptors (Lipinski definition) is 6. The zero-order valence-corrected chi connectivity index (χ0v) is 18.1. The third-order valence-corrected chi connectivity index (χ3v) is 6.28. The molecule has 1 fully saturated rings. The topological polar surface area (TPSA) is 91.4 Å². The normalized spacial score (nSPS) is 16.1. The summed E-state index contributed by atoms with van der Waals surface area (Å²) in [5.41, 5.74) is 1.39. The molecule has 1 aliphatic heterocycles. The van der Waals surface area contributed by atoms with E-state index < -0.39 is 10.0 Å². The highest BCUT2D eigenvalue weighted by Gasteiger charge is 2.17. The average Bonchev–Trinajstić information content (AvgIpc) is 3.04. The standard InChI is InChI=1S/C18H23ClN4O3S2/c1-12-5-7-23(8-6-12)10-14-11-27-18(20-14)21-17(24)13-3-4-15(19)16(9-13)22-28(2,25)26/h3-4,9,11-12,22H,5-8,10H2,1-2H3,(H,20,21,24). The van der Waals surface area contributed by atoms with E-state index in [0.29, 0.717) is 5.13 Å². The summed E-state index contributed by atoms with van der Waals surface area (Å²) in [4.78, 5) is 19.4. The van der Waals surface area contributed by atoms with Gasteiger partial charge in [0.25, 0.3) is 5.91 Å². The van der Waals surface area contributed by atoms with Gasteiger partial charge in [0.1, 0.15) is 0 Å². The van der Waals surface area contributed by atoms with E-state index in [1.807, 2.05) is 5.38 Å². The Labute approximate surface area is 174 Å². The minimum atomic E-state index is -3.50. The van der Waals surface area contributed by atoms with Crippen molar-refractivity contribution in [3.8, 4) is 0 Å². The van der Waals surface area contributed by atoms with E-state index in [0.717, 1.165) is 37.5 Å². The predicted octanol–water partition coefficient (Wildman–Crippen LogP) is 3.65. The smallest absolute Gasteiger partial charge is 0.257 e. The molecular formula is C18H23ClN4O3S2. The molecule has 1 aliphatic rings. The summed E-state index contributed by atoms with van der Waals surface area (Å²) in [7, 11) is -3.50. The van der Waals surface area contributed by atoms with Crippen molar-refractivity contribution in [3.05, 3.63) is 39.9 Å². The summed E-state index contributed by atoms with van der Waals surface area (Å²) in [6.45, 7) is 5.20. The second kappa shape index (κ2) is 8.77. The molecule has 0 aliphatic carbocycles. The highest BCUT2D eigenvalue weighted by molar-refractivity contribution is 7.92. The first-order valence-electron chi connectivity index (χ1n) is 8.95. The molecule has 0 bridgehead atoms. The Morgan fingerprint density at radius 1 is 1.36 bits per heavy atom. The van der Waals surface area contributed by atoms with Gasteiger partial charge in [-0.15, -0.1) is 11.3 Å². The minimum Gasteiger partial charge on any atom is -0.298 e. The fraction of sp³-hybridized carbons (Fsp3) is 0.444. The number of amides is 1. The van der Waals surface area contributed by atoms with Gasteiger partial charge in [0.15, 0.2) is 5.13 Å². The number of piperidine rings is 1. The molecule has 1 aromatic heterocycles. The number of rotatable bonds is 6. The third kappa shape index (κ3) is 5.91. The maximum absolute atomic E-state index is 12.5. The number of carbonyl (C=O) groups excluding carboxylic acids is 1. The lowest BCUT2D eigenvalue weighted by Crippen LogP contribution is -2.32. The monoisotopic (exact) mass is 442 g/mol. The van der Waals surface area contributed by atoms with Crippen molar-refractivity contribution < 1.29 is 13.2 Å². The second-order valence-corrected chi connectivity index (χ2v) is 10.1. The van der Waals surface area contributed by atoms with Gasteiger partial charge >= 0.3 is 0 Å². The zero-order valence-electron chi connectivity index (χ0n) is 15.7. The van der Waals surface area contributed by atoms with Crippen LogP contribution in [0.1, 0.15) is 35.8 Å². The SMILES string of the molecule is CC1CCN(Cc2csc(NC(=O)c3ccc(Cl)c(NS(C)(=O)=O)c3)n2)CC1. The van der Waals surface area contributed by atoms with E-state index in [1.165, 1.54) is 42.4 Å². The number of carbonyl (C=O) groups is 1. The number of thiazole rings is 1. The molecule has 28 heavy (non-hydrogen) atoms. The van der Waals surface area contributed by atoms with Gasteiger partial charge in [-0.2, -0.15) is 0 Å². The molecule has 0 saturated carbocycles. The van der Waals surface area contributed by atoms with Crippen LogP contribution in [-0.2, 0) is 16.6 Å². The quantitative estimate of drug-likeness (QED) is 0.712. The Hall–Kier alpha value is -1.68. The van der Waals surface area contributed by atoms with Crippen LogP contribution < -0.4 is 10.0 Å². The number of nitrogens with one attached hydrogen (secondary N) is 2. The van der Waals surface area contributed by atoms with Gasteiger partial charge in [-0.3, -0.25) is 19.7 Å². The van der Waals surface area contributed by atoms with Crippen molar-refractivity contribution >= 4 is 49.7 Å². The molecule has 10 heteroatoms. The van der Waals surface area contributed by atoms with Crippen LogP contribution in [0, 0.1) is 5.92 Å². The van der Waals surface area contributed by atoms with Crippen LogP contribution in [0.25, 0.3) is 0 Å². The van der Waals surface area contributed by atoms with Gasteiger partial charge in [0.2, 0.25) is 10.0 Å². The van der Waals surface area contributed by atoms with E-state index in [9.17, 15) is 13.2 Å². The van der Waals surface area contributed by atoms with Gasteiger partial charge in [0, 0.05) is 17.5 Å². The number of hydrogen-bond donors (Lipinski definition) is 2. The fourth-order valence-corrected chi connectivity index (χ4v) is 4.49. The Morgan fingerprint density at radius 2 is 2.07 bits per heavy atom. The van der Waals surface area contributed by atoms with Crippen LogP contribution in [0.2, 0.25) is 5.02 Å². The molecule has 3 rings (SSSR count). The van der Waals surface area contributed by atoms with Crippen molar-refractivity contribution in [1.82, 2.24) is 9.88 Å². The number of aromatic nitrogens is 1. The molecule has 7 nitrogen and oxygen atoms in total. The largest absolute Gasteiger partial charge is 0.298 e. The van der Waals surface area contributed by atoms with Crippen LogP contribution in [0.3, 0.4) is 0 Å². The molecule has 2 heterocycles. The molecular weight excluding hydrogens is 420 g/mol. The highest BCUT2D eigenvalue weighted by atomic mass is 35.5. The molecule has 0 spiro atoms. The molecule has 0 unspecified atom stereocenters. The first-order chi connectivity index (χ1) is 13.2. The van der Waals surface area contributed by atoms with Crippen molar-refractivity contribution in [1.29, 1.82) is 0 Å². The second-order valence-electron chi connectivity index (χ2n) is 7.13. The van der Waals surface area contributed by atoms with E-state index in [1.54, 1.807) is 0 Å². The molecule has 152 valence electrons. The number of halogens is 1. The van der Waals surface area contributed by atoms with Crippen LogP contribution in [-0.4, -0.2) is 43.6 Å². The summed E-state index contributed by atoms with van der Waals surface area (Å²) in [5.74, 6) is 0.406. The van der Waals surface area contributed by atoms with Crippen LogP contribution in [0.5, 0.6) is 0 Å². The first-order valence-corrected chi connectivity index (χ1v) is 12.1. The van der Waals surface area contributed by atoms with Gasteiger partial charge in [-0.1, -0.05) is 18.5 Å². The van der Waals surface area contributed by atoms with Gasteiger partial charge in [-0.05, 0) is 50.0 Å². The molecule has 1 aromatic carbocycles. The summed E-state index contributed by atoms with van der Waals surface area (Å²) in [6.07, 6.45) is 3.43. The lowest BCUT2D eigenvalue weighted by molar-refractivity contribution is 0.102. The summed E-state index contributed by atoms with van der Waals surface area (Å²) in [6, 6.07) is 4.42. The Balaban J connectivity index is 1.63. The Bertz CT molecular complexity index is 953. The molecule has 1 saturated heterocycles. The number of anilines is 2. The van der Waals surface area contributed by atoms with Crippen molar-refractivity contribution in [2.75, 3.05) is 29.4 Å². The van der Waals surface area contributed by atoms with Crippen LogP contribution in [0.4, 0.5) is 10.8 Å². The van der Waals surface area contributed by atoms with Gasteiger partial charge in [0.05, 0.1) is 22.7 Å². The maximum Gasteiger partial charge on any atom is 0.257 e. The minimum absolute atomic E-state index is 0.163. The summed E-state index contributed by atoms with van der Waals surface area (Å²) in [5, 5.41) is 5.44. The molecule has 2 N–H and O–H groups in total. The van der Waals surface area contributed by atoms with E-state index in [2.05, 4.69) is 26.8 Å². The number of nitrogens with zero attached hydrogens (tertiary/aromatic N) is 2. The van der Waals surface area contributed by atoms with Crippen molar-refractivity contribution in [3.63, 3.8) is 0 Å². The Kier molecular flexibility index (Phi) is 6.59. The predicted molar refractivity (Wildman–Crippen MR) is 114 cm³/mol. The molecule has 0 atom stereocenters. The van der Waals surface area contributed by atoms with Crippen molar-refractivity contribution in [2.24, 2.45) is 5.92 Å². The van der Waals surface area contributed by atoms with Gasteiger partial charge < -0.3 is 0 Å². The lowest BCUT2D eigenvalue weighted by atomic mass is 9.99. The van der Waals surface area contributed by atoms with E-state index in [4.69, 9.17) is 11.6 Å². The number of likely N-dealkylation sites (tertiary alicyclic amines) is 1. The molecule has 0 radical (unpaired) electrons. The third-order valence-electron chi connectivity index (χ3n) is 4.56. The average molecular weight is 443 g/mol. The Morgan fingerprint density at radius 3 is 2.75 bits per heavy atom.